The van der Waals surface area contributed by atoms with Crippen molar-refractivity contribution in [2.45, 2.75) is 57.6 Å². The number of nitrogens with two attached hydrogens (primary N) is 1. The number of aliphatic hydroxyl groups is 1. The van der Waals surface area contributed by atoms with E-state index in [9.17, 15) is 14.7 Å². The summed E-state index contributed by atoms with van der Waals surface area (Å²) in [4.78, 5) is 26.0. The van der Waals surface area contributed by atoms with Crippen LogP contribution in [0.2, 0.25) is 0 Å². The molecule has 0 saturated heterocycles. The van der Waals surface area contributed by atoms with Crippen molar-refractivity contribution in [1.82, 2.24) is 9.55 Å². The maximum Gasteiger partial charge on any atom is 0.330 e. The molecule has 1 heterocycles. The fourth-order valence-corrected chi connectivity index (χ4v) is 2.76. The Balaban J connectivity index is 2.22. The Bertz CT molecular complexity index is 599. The van der Waals surface area contributed by atoms with Gasteiger partial charge in [0.05, 0.1) is 5.60 Å². The van der Waals surface area contributed by atoms with E-state index < -0.39 is 16.9 Å². The standard InChI is InChI=1S/C14H24N4O3/c1-2-3-8-18-11(15)10(12(19)17-13(18)20)16-9-14(21)6-4-5-7-14/h16,21H,2-9,15H2,1H3,(H,17,19,20). The van der Waals surface area contributed by atoms with Gasteiger partial charge in [-0.1, -0.05) is 26.2 Å². The Morgan fingerprint density at radius 2 is 2.05 bits per heavy atom. The predicted octanol–water partition coefficient (Wildman–Crippen LogP) is 0.636. The highest BCUT2D eigenvalue weighted by molar-refractivity contribution is 5.60. The summed E-state index contributed by atoms with van der Waals surface area (Å²) in [5.41, 5.74) is 4.31. The summed E-state index contributed by atoms with van der Waals surface area (Å²) in [6.45, 7) is 2.75. The molecule has 2 rings (SSSR count). The molecule has 0 unspecified atom stereocenters. The molecule has 1 aromatic rings. The predicted molar refractivity (Wildman–Crippen MR) is 82.6 cm³/mol. The molecule has 1 saturated carbocycles. The molecule has 0 spiro atoms. The van der Waals surface area contributed by atoms with Crippen molar-refractivity contribution in [2.75, 3.05) is 17.6 Å². The van der Waals surface area contributed by atoms with Gasteiger partial charge in [-0.2, -0.15) is 0 Å². The van der Waals surface area contributed by atoms with Gasteiger partial charge in [0.15, 0.2) is 0 Å². The Kier molecular flexibility index (Phi) is 4.72. The maximum atomic E-state index is 11.9. The molecule has 21 heavy (non-hydrogen) atoms. The van der Waals surface area contributed by atoms with Crippen LogP contribution in [0.3, 0.4) is 0 Å². The molecule has 0 amide bonds. The molecule has 1 aromatic heterocycles. The molecule has 0 aromatic carbocycles. The summed E-state index contributed by atoms with van der Waals surface area (Å²) in [7, 11) is 0. The van der Waals surface area contributed by atoms with Gasteiger partial charge in [-0.15, -0.1) is 0 Å². The summed E-state index contributed by atoms with van der Waals surface area (Å²) in [5.74, 6) is 0.138. The van der Waals surface area contributed by atoms with E-state index in [1.54, 1.807) is 0 Å². The number of unbranched alkanes of at least 4 members (excludes halogenated alkanes) is 1. The second-order valence-corrected chi connectivity index (χ2v) is 5.81. The number of H-pyrrole nitrogens is 1. The van der Waals surface area contributed by atoms with Crippen molar-refractivity contribution < 1.29 is 5.11 Å². The van der Waals surface area contributed by atoms with Gasteiger partial charge < -0.3 is 16.2 Å². The summed E-state index contributed by atoms with van der Waals surface area (Å²) < 4.78 is 1.37. The zero-order valence-electron chi connectivity index (χ0n) is 12.4. The van der Waals surface area contributed by atoms with Crippen LogP contribution in [0.5, 0.6) is 0 Å². The number of rotatable bonds is 6. The van der Waals surface area contributed by atoms with Crippen LogP contribution < -0.4 is 22.3 Å². The normalized spacial score (nSPS) is 17.0. The number of nitrogens with zero attached hydrogens (tertiary/aromatic N) is 1. The molecule has 0 bridgehead atoms. The van der Waals surface area contributed by atoms with Crippen LogP contribution in [0.15, 0.2) is 9.59 Å². The smallest absolute Gasteiger partial charge is 0.330 e. The number of nitrogen functional groups attached to an aromatic ring is 1. The Morgan fingerprint density at radius 3 is 2.67 bits per heavy atom. The molecule has 1 fully saturated rings. The van der Waals surface area contributed by atoms with Crippen molar-refractivity contribution >= 4 is 11.5 Å². The first-order chi connectivity index (χ1) is 9.97. The van der Waals surface area contributed by atoms with Gasteiger partial charge in [0.25, 0.3) is 5.56 Å². The number of hydrogen-bond donors (Lipinski definition) is 4. The lowest BCUT2D eigenvalue weighted by Gasteiger charge is -2.23. The first-order valence-electron chi connectivity index (χ1n) is 7.56. The molecule has 5 N–H and O–H groups in total. The van der Waals surface area contributed by atoms with E-state index in [2.05, 4.69) is 10.3 Å². The number of anilines is 2. The fourth-order valence-electron chi connectivity index (χ4n) is 2.76. The second-order valence-electron chi connectivity index (χ2n) is 5.81. The van der Waals surface area contributed by atoms with E-state index >= 15 is 0 Å². The Morgan fingerprint density at radius 1 is 1.38 bits per heavy atom. The zero-order valence-corrected chi connectivity index (χ0v) is 12.4. The minimum Gasteiger partial charge on any atom is -0.388 e. The van der Waals surface area contributed by atoms with Crippen LogP contribution in [0.1, 0.15) is 45.4 Å². The summed E-state index contributed by atoms with van der Waals surface area (Å²) >= 11 is 0. The van der Waals surface area contributed by atoms with E-state index in [1.165, 1.54) is 4.57 Å². The van der Waals surface area contributed by atoms with Crippen LogP contribution in [0.4, 0.5) is 11.5 Å². The van der Waals surface area contributed by atoms with E-state index in [1.807, 2.05) is 6.92 Å². The number of nitrogens with one attached hydrogen (secondary N) is 2. The lowest BCUT2D eigenvalue weighted by Crippen LogP contribution is -2.38. The average molecular weight is 296 g/mol. The summed E-state index contributed by atoms with van der Waals surface area (Å²) in [5, 5.41) is 13.2. The summed E-state index contributed by atoms with van der Waals surface area (Å²) in [6.07, 6.45) is 5.13. The van der Waals surface area contributed by atoms with E-state index in [4.69, 9.17) is 5.73 Å². The highest BCUT2D eigenvalue weighted by Crippen LogP contribution is 2.29. The third-order valence-electron chi connectivity index (χ3n) is 4.10. The van der Waals surface area contributed by atoms with Crippen LogP contribution in [0.25, 0.3) is 0 Å². The number of aromatic nitrogens is 2. The molecule has 0 aliphatic heterocycles. The van der Waals surface area contributed by atoms with Gasteiger partial charge in [-0.3, -0.25) is 14.3 Å². The third-order valence-corrected chi connectivity index (χ3v) is 4.10. The first kappa shape index (κ1) is 15.6. The zero-order chi connectivity index (χ0) is 15.5. The molecule has 1 aliphatic rings. The molecule has 1 aliphatic carbocycles. The van der Waals surface area contributed by atoms with E-state index in [0.717, 1.165) is 25.7 Å². The Labute approximate surface area is 123 Å². The van der Waals surface area contributed by atoms with Gasteiger partial charge in [-0.05, 0) is 19.3 Å². The number of hydrogen-bond acceptors (Lipinski definition) is 5. The van der Waals surface area contributed by atoms with Gasteiger partial charge in [0.1, 0.15) is 11.5 Å². The first-order valence-corrected chi connectivity index (χ1v) is 7.56. The molecule has 0 atom stereocenters. The van der Waals surface area contributed by atoms with E-state index in [-0.39, 0.29) is 18.1 Å². The number of aromatic amines is 1. The topological polar surface area (TPSA) is 113 Å². The lowest BCUT2D eigenvalue weighted by atomic mass is 10.0. The molecule has 0 radical (unpaired) electrons. The van der Waals surface area contributed by atoms with Gasteiger partial charge >= 0.3 is 5.69 Å². The molecular weight excluding hydrogens is 272 g/mol. The molecule has 7 nitrogen and oxygen atoms in total. The van der Waals surface area contributed by atoms with Crippen molar-refractivity contribution in [2.24, 2.45) is 0 Å². The summed E-state index contributed by atoms with van der Waals surface area (Å²) in [6, 6.07) is 0. The minimum absolute atomic E-state index is 0.138. The van der Waals surface area contributed by atoms with Crippen LogP contribution in [-0.4, -0.2) is 26.8 Å². The van der Waals surface area contributed by atoms with Gasteiger partial charge in [0, 0.05) is 13.1 Å². The highest BCUT2D eigenvalue weighted by atomic mass is 16.3. The minimum atomic E-state index is -0.788. The SMILES string of the molecule is CCCCn1c(N)c(NCC2(O)CCCC2)c(=O)[nH]c1=O. The van der Waals surface area contributed by atoms with Crippen LogP contribution >= 0.6 is 0 Å². The molecular formula is C14H24N4O3. The van der Waals surface area contributed by atoms with Gasteiger partial charge in [-0.25, -0.2) is 4.79 Å². The largest absolute Gasteiger partial charge is 0.388 e. The van der Waals surface area contributed by atoms with Crippen molar-refractivity contribution in [3.63, 3.8) is 0 Å². The second kappa shape index (κ2) is 6.34. The third kappa shape index (κ3) is 3.47. The van der Waals surface area contributed by atoms with Gasteiger partial charge in [0.2, 0.25) is 0 Å². The van der Waals surface area contributed by atoms with E-state index in [0.29, 0.717) is 19.4 Å². The monoisotopic (exact) mass is 296 g/mol. The Hall–Kier alpha value is -1.76. The van der Waals surface area contributed by atoms with Crippen molar-refractivity contribution in [3.8, 4) is 0 Å². The average Bonchev–Trinajstić information content (AvgIpc) is 2.85. The van der Waals surface area contributed by atoms with Crippen molar-refractivity contribution in [3.05, 3.63) is 20.8 Å². The maximum absolute atomic E-state index is 11.9. The van der Waals surface area contributed by atoms with Crippen molar-refractivity contribution in [1.29, 1.82) is 0 Å². The molecule has 7 heteroatoms. The van der Waals surface area contributed by atoms with Crippen LogP contribution in [-0.2, 0) is 6.54 Å². The lowest BCUT2D eigenvalue weighted by molar-refractivity contribution is 0.0614. The molecule has 118 valence electrons. The quantitative estimate of drug-likeness (QED) is 0.615. The van der Waals surface area contributed by atoms with Crippen LogP contribution in [0, 0.1) is 0 Å². The fraction of sp³-hybridized carbons (Fsp3) is 0.714. The highest BCUT2D eigenvalue weighted by Gasteiger charge is 2.31.